The fourth-order valence-electron chi connectivity index (χ4n) is 2.51. The van der Waals surface area contributed by atoms with E-state index in [9.17, 15) is 4.79 Å². The number of rotatable bonds is 6. The van der Waals surface area contributed by atoms with Crippen molar-refractivity contribution >= 4 is 5.97 Å². The molecule has 3 N–H and O–H groups in total. The molecule has 23 heavy (non-hydrogen) atoms. The highest BCUT2D eigenvalue weighted by molar-refractivity contribution is 5.75. The summed E-state index contributed by atoms with van der Waals surface area (Å²) in [6, 6.07) is 5.46. The number of esters is 1. The van der Waals surface area contributed by atoms with Gasteiger partial charge in [-0.2, -0.15) is 0 Å². The molecule has 0 saturated heterocycles. The van der Waals surface area contributed by atoms with Crippen molar-refractivity contribution in [1.82, 2.24) is 9.97 Å². The number of H-pyrrole nitrogens is 1. The number of benzene rings is 1. The van der Waals surface area contributed by atoms with E-state index < -0.39 is 6.04 Å². The molecule has 0 amide bonds. The molecule has 5 heteroatoms. The smallest absolute Gasteiger partial charge is 0.323 e. The quantitative estimate of drug-likeness (QED) is 0.803. The highest BCUT2D eigenvalue weighted by Crippen LogP contribution is 2.27. The van der Waals surface area contributed by atoms with Gasteiger partial charge in [0, 0.05) is 12.1 Å². The molecular weight excluding hydrogens is 290 g/mol. The first kappa shape index (κ1) is 17.2. The topological polar surface area (TPSA) is 81.0 Å². The van der Waals surface area contributed by atoms with Crippen LogP contribution in [0, 0.1) is 12.8 Å². The van der Waals surface area contributed by atoms with E-state index in [1.54, 1.807) is 6.33 Å². The van der Waals surface area contributed by atoms with E-state index in [2.05, 4.69) is 23.0 Å². The monoisotopic (exact) mass is 315 g/mol. The standard InChI is InChI=1S/C18H25N3O2/c1-11(2)17(19)18(22)23-9-14-6-5-7-15(12(14)3)13(4)16-8-20-10-21-16/h5-8,10-11,13,17H,9,19H2,1-4H3,(H,20,21)/t13-,17?/m0/s1. The van der Waals surface area contributed by atoms with Crippen molar-refractivity contribution in [1.29, 1.82) is 0 Å². The minimum atomic E-state index is -0.582. The Labute approximate surface area is 137 Å². The zero-order chi connectivity index (χ0) is 17.0. The molecule has 1 aromatic heterocycles. The summed E-state index contributed by atoms with van der Waals surface area (Å²) in [5.41, 5.74) is 10.1. The van der Waals surface area contributed by atoms with Crippen LogP contribution >= 0.6 is 0 Å². The summed E-state index contributed by atoms with van der Waals surface area (Å²) in [6.07, 6.45) is 3.58. The Morgan fingerprint density at radius 2 is 2.09 bits per heavy atom. The van der Waals surface area contributed by atoms with Crippen LogP contribution < -0.4 is 5.73 Å². The van der Waals surface area contributed by atoms with Gasteiger partial charge in [-0.25, -0.2) is 4.98 Å². The van der Waals surface area contributed by atoms with E-state index in [4.69, 9.17) is 10.5 Å². The summed E-state index contributed by atoms with van der Waals surface area (Å²) in [5.74, 6) is -0.116. The summed E-state index contributed by atoms with van der Waals surface area (Å²) in [4.78, 5) is 19.2. The fourth-order valence-corrected chi connectivity index (χ4v) is 2.51. The van der Waals surface area contributed by atoms with E-state index in [0.29, 0.717) is 0 Å². The lowest BCUT2D eigenvalue weighted by Gasteiger charge is -2.18. The van der Waals surface area contributed by atoms with Crippen LogP contribution in [0.2, 0.25) is 0 Å². The molecule has 1 aromatic carbocycles. The zero-order valence-electron chi connectivity index (χ0n) is 14.2. The van der Waals surface area contributed by atoms with E-state index in [1.165, 1.54) is 5.56 Å². The number of carbonyl (C=O) groups excluding carboxylic acids is 1. The van der Waals surface area contributed by atoms with Gasteiger partial charge in [0.2, 0.25) is 0 Å². The van der Waals surface area contributed by atoms with Crippen LogP contribution in [0.4, 0.5) is 0 Å². The van der Waals surface area contributed by atoms with E-state index in [0.717, 1.165) is 16.8 Å². The van der Waals surface area contributed by atoms with Crippen molar-refractivity contribution in [3.05, 3.63) is 53.1 Å². The lowest BCUT2D eigenvalue weighted by atomic mass is 9.91. The second kappa shape index (κ2) is 7.42. The third-order valence-corrected chi connectivity index (χ3v) is 4.28. The first-order chi connectivity index (χ1) is 10.9. The van der Waals surface area contributed by atoms with Crippen molar-refractivity contribution < 1.29 is 9.53 Å². The summed E-state index contributed by atoms with van der Waals surface area (Å²) >= 11 is 0. The lowest BCUT2D eigenvalue weighted by Crippen LogP contribution is -2.36. The van der Waals surface area contributed by atoms with Crippen LogP contribution in [0.25, 0.3) is 0 Å². The van der Waals surface area contributed by atoms with E-state index in [1.807, 2.05) is 39.1 Å². The Morgan fingerprint density at radius 3 is 2.70 bits per heavy atom. The zero-order valence-corrected chi connectivity index (χ0v) is 14.2. The molecule has 1 unspecified atom stereocenters. The molecule has 5 nitrogen and oxygen atoms in total. The normalized spacial score (nSPS) is 13.8. The molecule has 0 radical (unpaired) electrons. The summed E-state index contributed by atoms with van der Waals surface area (Å²) in [5, 5.41) is 0. The van der Waals surface area contributed by atoms with Crippen LogP contribution in [0.15, 0.2) is 30.7 Å². The Morgan fingerprint density at radius 1 is 1.35 bits per heavy atom. The number of hydrogen-bond acceptors (Lipinski definition) is 4. The van der Waals surface area contributed by atoms with Gasteiger partial charge in [0.1, 0.15) is 12.6 Å². The maximum atomic E-state index is 11.9. The summed E-state index contributed by atoms with van der Waals surface area (Å²) in [6.45, 7) is 8.21. The first-order valence-corrected chi connectivity index (χ1v) is 7.91. The molecule has 0 bridgehead atoms. The molecule has 0 aliphatic heterocycles. The highest BCUT2D eigenvalue weighted by atomic mass is 16.5. The maximum Gasteiger partial charge on any atom is 0.323 e. The second-order valence-corrected chi connectivity index (χ2v) is 6.22. The largest absolute Gasteiger partial charge is 0.460 e. The number of aromatic nitrogens is 2. The molecule has 124 valence electrons. The Kier molecular flexibility index (Phi) is 5.55. The van der Waals surface area contributed by atoms with Gasteiger partial charge in [-0.05, 0) is 29.5 Å². The number of hydrogen-bond donors (Lipinski definition) is 2. The van der Waals surface area contributed by atoms with Crippen molar-refractivity contribution in [2.45, 2.75) is 46.3 Å². The Hall–Kier alpha value is -2.14. The summed E-state index contributed by atoms with van der Waals surface area (Å²) < 4.78 is 5.37. The molecule has 0 aliphatic rings. The van der Waals surface area contributed by atoms with Crippen molar-refractivity contribution in [2.24, 2.45) is 11.7 Å². The average Bonchev–Trinajstić information content (AvgIpc) is 3.06. The van der Waals surface area contributed by atoms with Crippen molar-refractivity contribution in [3.63, 3.8) is 0 Å². The minimum absolute atomic E-state index is 0.0645. The van der Waals surface area contributed by atoms with Gasteiger partial charge in [0.25, 0.3) is 0 Å². The third kappa shape index (κ3) is 3.99. The molecule has 0 aliphatic carbocycles. The molecule has 0 saturated carbocycles. The molecule has 2 aromatic rings. The number of nitrogens with one attached hydrogen (secondary N) is 1. The first-order valence-electron chi connectivity index (χ1n) is 7.91. The SMILES string of the molecule is Cc1c(COC(=O)C(N)C(C)C)cccc1[C@H](C)c1c[nH]cn1. The minimum Gasteiger partial charge on any atom is -0.460 e. The highest BCUT2D eigenvalue weighted by Gasteiger charge is 2.20. The number of nitrogens with zero attached hydrogens (tertiary/aromatic N) is 1. The van der Waals surface area contributed by atoms with Gasteiger partial charge < -0.3 is 15.5 Å². The van der Waals surface area contributed by atoms with Gasteiger partial charge in [-0.15, -0.1) is 0 Å². The molecule has 2 rings (SSSR count). The van der Waals surface area contributed by atoms with E-state index in [-0.39, 0.29) is 24.4 Å². The molecule has 0 spiro atoms. The van der Waals surface area contributed by atoms with Crippen molar-refractivity contribution in [2.75, 3.05) is 0 Å². The number of imidazole rings is 1. The number of aromatic amines is 1. The van der Waals surface area contributed by atoms with Crippen molar-refractivity contribution in [3.8, 4) is 0 Å². The number of carbonyl (C=O) groups is 1. The number of nitrogens with two attached hydrogens (primary N) is 1. The Balaban J connectivity index is 2.12. The van der Waals surface area contributed by atoms with Gasteiger partial charge in [0.15, 0.2) is 0 Å². The lowest BCUT2D eigenvalue weighted by molar-refractivity contribution is -0.147. The molecule has 0 fully saturated rings. The average molecular weight is 315 g/mol. The fraction of sp³-hybridized carbons (Fsp3) is 0.444. The van der Waals surface area contributed by atoms with Crippen LogP contribution in [-0.4, -0.2) is 22.0 Å². The maximum absolute atomic E-state index is 11.9. The van der Waals surface area contributed by atoms with Gasteiger partial charge in [-0.1, -0.05) is 39.0 Å². The van der Waals surface area contributed by atoms with Gasteiger partial charge in [-0.3, -0.25) is 4.79 Å². The second-order valence-electron chi connectivity index (χ2n) is 6.22. The van der Waals surface area contributed by atoms with E-state index >= 15 is 0 Å². The molecule has 2 atom stereocenters. The summed E-state index contributed by atoms with van der Waals surface area (Å²) in [7, 11) is 0. The number of ether oxygens (including phenoxy) is 1. The van der Waals surface area contributed by atoms with Gasteiger partial charge >= 0.3 is 5.97 Å². The van der Waals surface area contributed by atoms with Crippen LogP contribution in [0.3, 0.4) is 0 Å². The molecule has 1 heterocycles. The van der Waals surface area contributed by atoms with Crippen LogP contribution in [-0.2, 0) is 16.1 Å². The predicted molar refractivity (Wildman–Crippen MR) is 89.9 cm³/mol. The molecular formula is C18H25N3O2. The third-order valence-electron chi connectivity index (χ3n) is 4.28. The predicted octanol–water partition coefficient (Wildman–Crippen LogP) is 2.90. The van der Waals surface area contributed by atoms with Crippen LogP contribution in [0.5, 0.6) is 0 Å². The Bertz CT molecular complexity index is 650. The van der Waals surface area contributed by atoms with Crippen LogP contribution in [0.1, 0.15) is 49.1 Å². The van der Waals surface area contributed by atoms with Gasteiger partial charge in [0.05, 0.1) is 12.0 Å².